The average molecular weight is 683 g/mol. The van der Waals surface area contributed by atoms with E-state index in [1.54, 1.807) is 33.3 Å². The van der Waals surface area contributed by atoms with Crippen molar-refractivity contribution in [1.82, 2.24) is 9.88 Å². The predicted molar refractivity (Wildman–Crippen MR) is 197 cm³/mol. The molecule has 0 aliphatic carbocycles. The van der Waals surface area contributed by atoms with Crippen LogP contribution in [0, 0.1) is 0 Å². The molecular formula is C42H38N2O7. The number of aliphatic hydroxyl groups excluding tert-OH is 1. The van der Waals surface area contributed by atoms with Crippen molar-refractivity contribution in [2.45, 2.75) is 31.2 Å². The van der Waals surface area contributed by atoms with Crippen molar-refractivity contribution < 1.29 is 28.5 Å². The highest BCUT2D eigenvalue weighted by molar-refractivity contribution is 6.12. The molecule has 2 atom stereocenters. The highest BCUT2D eigenvalue weighted by atomic mass is 16.5. The van der Waals surface area contributed by atoms with Crippen molar-refractivity contribution in [3.63, 3.8) is 0 Å². The van der Waals surface area contributed by atoms with E-state index < -0.39 is 23.4 Å². The fourth-order valence-electron chi connectivity index (χ4n) is 6.77. The third-order valence-electron chi connectivity index (χ3n) is 9.40. The summed E-state index contributed by atoms with van der Waals surface area (Å²) in [5.41, 5.74) is 2.99. The van der Waals surface area contributed by atoms with Gasteiger partial charge in [-0.2, -0.15) is 0 Å². The number of hydrogen-bond acceptors (Lipinski definition) is 7. The third kappa shape index (κ3) is 6.45. The summed E-state index contributed by atoms with van der Waals surface area (Å²) < 4.78 is 25.3. The molecular weight excluding hydrogens is 644 g/mol. The summed E-state index contributed by atoms with van der Waals surface area (Å²) in [4.78, 5) is 25.9. The van der Waals surface area contributed by atoms with Crippen LogP contribution in [0.2, 0.25) is 0 Å². The predicted octanol–water partition coefficient (Wildman–Crippen LogP) is 6.79. The lowest BCUT2D eigenvalue weighted by Gasteiger charge is -2.37. The Morgan fingerprint density at radius 3 is 2.00 bits per heavy atom. The maximum atomic E-state index is 13.9. The minimum absolute atomic E-state index is 0.0284. The summed E-state index contributed by atoms with van der Waals surface area (Å²) in [7, 11) is 3.24. The van der Waals surface area contributed by atoms with Crippen molar-refractivity contribution in [3.05, 3.63) is 155 Å². The van der Waals surface area contributed by atoms with E-state index in [4.69, 9.17) is 18.6 Å². The molecule has 0 radical (unpaired) electrons. The average Bonchev–Trinajstić information content (AvgIpc) is 3.46. The molecule has 5 aromatic carbocycles. The second kappa shape index (κ2) is 14.1. The standard InChI is InChI=1S/C42H38N2O7/c1-27(45)36(43-40(46)25-44-37-12-8-7-11-34(37)35-23-28-13-22-41(47)51-39(28)24-38(35)44)26-50-42(29-9-5-4-6-10-29,30-14-18-32(48-2)19-15-30)31-16-20-33(49-3)21-17-31/h4-24,27,36,45H,25-26H2,1-3H3,(H,43,46)/t27-,36-/m1/s1. The van der Waals surface area contributed by atoms with Crippen LogP contribution in [0.4, 0.5) is 0 Å². The van der Waals surface area contributed by atoms with Gasteiger partial charge in [0.2, 0.25) is 5.91 Å². The molecule has 2 N–H and O–H groups in total. The Bertz CT molecular complexity index is 2310. The molecule has 1 amide bonds. The van der Waals surface area contributed by atoms with Crippen LogP contribution in [0.25, 0.3) is 32.8 Å². The van der Waals surface area contributed by atoms with Gasteiger partial charge in [-0.3, -0.25) is 4.79 Å². The third-order valence-corrected chi connectivity index (χ3v) is 9.40. The molecule has 258 valence electrons. The Kier molecular flexibility index (Phi) is 9.32. The minimum Gasteiger partial charge on any atom is -0.497 e. The molecule has 0 unspecified atom stereocenters. The number of methoxy groups -OCH3 is 2. The van der Waals surface area contributed by atoms with Gasteiger partial charge in [0.25, 0.3) is 0 Å². The van der Waals surface area contributed by atoms with E-state index in [0.29, 0.717) is 17.1 Å². The van der Waals surface area contributed by atoms with E-state index in [0.717, 1.165) is 43.9 Å². The molecule has 0 aliphatic heterocycles. The largest absolute Gasteiger partial charge is 0.497 e. The summed E-state index contributed by atoms with van der Waals surface area (Å²) in [6.07, 6.45) is -0.953. The molecule has 7 rings (SSSR count). The number of fused-ring (bicyclic) bond motifs is 4. The number of carbonyl (C=O) groups excluding carboxylic acids is 1. The van der Waals surface area contributed by atoms with Crippen LogP contribution in [-0.2, 0) is 21.7 Å². The number of aliphatic hydroxyl groups is 1. The summed E-state index contributed by atoms with van der Waals surface area (Å²) in [6, 6.07) is 39.2. The fourth-order valence-corrected chi connectivity index (χ4v) is 6.77. The second-order valence-corrected chi connectivity index (χ2v) is 12.5. The number of hydrogen-bond donors (Lipinski definition) is 2. The van der Waals surface area contributed by atoms with E-state index in [9.17, 15) is 14.7 Å². The lowest BCUT2D eigenvalue weighted by atomic mass is 9.80. The molecule has 0 spiro atoms. The molecule has 9 heteroatoms. The van der Waals surface area contributed by atoms with Crippen LogP contribution in [0.15, 0.2) is 137 Å². The first-order valence-electron chi connectivity index (χ1n) is 16.7. The van der Waals surface area contributed by atoms with Gasteiger partial charge in [0, 0.05) is 33.8 Å². The summed E-state index contributed by atoms with van der Waals surface area (Å²) in [5, 5.41) is 16.8. The number of carbonyl (C=O) groups is 1. The Balaban J connectivity index is 1.24. The number of para-hydroxylation sites is 1. The zero-order valence-corrected chi connectivity index (χ0v) is 28.5. The zero-order valence-electron chi connectivity index (χ0n) is 28.5. The van der Waals surface area contributed by atoms with E-state index in [1.807, 2.05) is 114 Å². The molecule has 0 saturated carbocycles. The number of rotatable bonds is 12. The summed E-state index contributed by atoms with van der Waals surface area (Å²) in [5.74, 6) is 1.08. The number of ether oxygens (including phenoxy) is 3. The highest BCUT2D eigenvalue weighted by Crippen LogP contribution is 2.42. The van der Waals surface area contributed by atoms with Crippen LogP contribution in [-0.4, -0.2) is 48.6 Å². The van der Waals surface area contributed by atoms with Gasteiger partial charge in [0.05, 0.1) is 38.5 Å². The van der Waals surface area contributed by atoms with E-state index >= 15 is 0 Å². The smallest absolute Gasteiger partial charge is 0.336 e. The zero-order chi connectivity index (χ0) is 35.5. The van der Waals surface area contributed by atoms with Crippen LogP contribution in [0.1, 0.15) is 23.6 Å². The highest BCUT2D eigenvalue weighted by Gasteiger charge is 2.39. The number of nitrogens with one attached hydrogen (secondary N) is 1. The lowest BCUT2D eigenvalue weighted by molar-refractivity contribution is -0.124. The van der Waals surface area contributed by atoms with Gasteiger partial charge in [-0.25, -0.2) is 4.79 Å². The molecule has 51 heavy (non-hydrogen) atoms. The quantitative estimate of drug-likeness (QED) is 0.108. The van der Waals surface area contributed by atoms with Gasteiger partial charge in [0.1, 0.15) is 29.2 Å². The van der Waals surface area contributed by atoms with Crippen molar-refractivity contribution in [1.29, 1.82) is 0 Å². The van der Waals surface area contributed by atoms with Crippen molar-refractivity contribution >= 4 is 38.7 Å². The van der Waals surface area contributed by atoms with Gasteiger partial charge >= 0.3 is 5.63 Å². The van der Waals surface area contributed by atoms with Crippen molar-refractivity contribution in [2.24, 2.45) is 0 Å². The summed E-state index contributed by atoms with van der Waals surface area (Å²) in [6.45, 7) is 1.56. The molecule has 2 heterocycles. The molecule has 7 aromatic rings. The van der Waals surface area contributed by atoms with Gasteiger partial charge in [-0.15, -0.1) is 0 Å². The van der Waals surface area contributed by atoms with Gasteiger partial charge < -0.3 is 33.6 Å². The first-order chi connectivity index (χ1) is 24.8. The lowest BCUT2D eigenvalue weighted by Crippen LogP contribution is -2.48. The fraction of sp³-hybridized carbons (Fsp3) is 0.190. The number of benzene rings is 5. The Hall–Kier alpha value is -5.90. The maximum absolute atomic E-state index is 13.9. The molecule has 0 bridgehead atoms. The van der Waals surface area contributed by atoms with Crippen LogP contribution < -0.4 is 20.4 Å². The maximum Gasteiger partial charge on any atom is 0.336 e. The van der Waals surface area contributed by atoms with Crippen molar-refractivity contribution in [2.75, 3.05) is 20.8 Å². The van der Waals surface area contributed by atoms with E-state index in [1.165, 1.54) is 6.07 Å². The SMILES string of the molecule is COc1ccc(C(OC[C@@H](NC(=O)Cn2c3ccccc3c3cc4ccc(=O)oc4cc32)[C@@H](C)O)(c2ccccc2)c2ccc(OC)cc2)cc1. The topological polar surface area (TPSA) is 112 Å². The minimum atomic E-state index is -1.13. The molecule has 9 nitrogen and oxygen atoms in total. The molecule has 2 aromatic heterocycles. The first-order valence-corrected chi connectivity index (χ1v) is 16.7. The summed E-state index contributed by atoms with van der Waals surface area (Å²) >= 11 is 0. The first kappa shape index (κ1) is 33.6. The molecule has 0 saturated heterocycles. The van der Waals surface area contributed by atoms with Crippen LogP contribution >= 0.6 is 0 Å². The second-order valence-electron chi connectivity index (χ2n) is 12.5. The normalized spacial score (nSPS) is 12.9. The Morgan fingerprint density at radius 2 is 1.37 bits per heavy atom. The monoisotopic (exact) mass is 682 g/mol. The van der Waals surface area contributed by atoms with Gasteiger partial charge in [-0.1, -0.05) is 72.8 Å². The molecule has 0 aliphatic rings. The Labute approximate surface area is 294 Å². The Morgan fingerprint density at radius 1 is 0.765 bits per heavy atom. The van der Waals surface area contributed by atoms with E-state index in [-0.39, 0.29) is 19.1 Å². The molecule has 0 fully saturated rings. The van der Waals surface area contributed by atoms with Gasteiger partial charge in [-0.05, 0) is 66.1 Å². The number of nitrogens with zero attached hydrogens (tertiary/aromatic N) is 1. The van der Waals surface area contributed by atoms with E-state index in [2.05, 4.69) is 5.32 Å². The van der Waals surface area contributed by atoms with Crippen LogP contribution in [0.3, 0.4) is 0 Å². The number of aromatic nitrogens is 1. The van der Waals surface area contributed by atoms with Crippen molar-refractivity contribution in [3.8, 4) is 11.5 Å². The van der Waals surface area contributed by atoms with Gasteiger partial charge in [0.15, 0.2) is 0 Å². The number of amides is 1. The van der Waals surface area contributed by atoms with Crippen LogP contribution in [0.5, 0.6) is 11.5 Å².